The fraction of sp³-hybridized carbons (Fsp3) is 0.630. The monoisotopic (exact) mass is 550 g/mol. The molecule has 1 aliphatic rings. The number of carboxylic acid groups (broad SMARTS) is 4. The van der Waals surface area contributed by atoms with Gasteiger partial charge in [-0.3, -0.25) is 33.9 Å². The van der Waals surface area contributed by atoms with Crippen LogP contribution in [0.1, 0.15) is 38.3 Å². The Morgan fingerprint density at radius 2 is 1.36 bits per heavy atom. The minimum atomic E-state index is -1.07. The number of hydrogen-bond acceptors (Lipinski definition) is 8. The van der Waals surface area contributed by atoms with Gasteiger partial charge in [0.05, 0.1) is 26.1 Å². The van der Waals surface area contributed by atoms with E-state index in [1.807, 2.05) is 24.3 Å². The maximum absolute atomic E-state index is 11.9. The lowest BCUT2D eigenvalue weighted by Gasteiger charge is -2.37. The van der Waals surface area contributed by atoms with Crippen LogP contribution in [0.15, 0.2) is 24.3 Å². The van der Waals surface area contributed by atoms with E-state index in [0.717, 1.165) is 11.1 Å². The highest BCUT2D eigenvalue weighted by atomic mass is 16.4. The Morgan fingerprint density at radius 1 is 0.795 bits per heavy atom. The Labute approximate surface area is 229 Å². The number of benzene rings is 1. The Balaban J connectivity index is 2.40. The molecule has 1 aliphatic heterocycles. The third kappa shape index (κ3) is 12.1. The Kier molecular flexibility index (Phi) is 12.3. The van der Waals surface area contributed by atoms with Crippen molar-refractivity contribution in [2.75, 3.05) is 58.9 Å². The largest absolute Gasteiger partial charge is 0.481 e. The number of carboxylic acids is 4. The van der Waals surface area contributed by atoms with Crippen LogP contribution in [0.3, 0.4) is 0 Å². The van der Waals surface area contributed by atoms with E-state index in [1.54, 1.807) is 14.7 Å². The van der Waals surface area contributed by atoms with Crippen LogP contribution in [0, 0.1) is 0 Å². The summed E-state index contributed by atoms with van der Waals surface area (Å²) in [5, 5.41) is 41.1. The van der Waals surface area contributed by atoms with Crippen LogP contribution in [-0.4, -0.2) is 130 Å². The van der Waals surface area contributed by atoms with E-state index in [1.165, 1.54) is 0 Å². The molecule has 1 fully saturated rings. The molecular weight excluding hydrogens is 508 g/mol. The molecule has 0 amide bonds. The molecule has 2 unspecified atom stereocenters. The zero-order valence-corrected chi connectivity index (χ0v) is 23.0. The number of hydrogen-bond donors (Lipinski definition) is 5. The van der Waals surface area contributed by atoms with Crippen molar-refractivity contribution in [1.82, 2.24) is 20.0 Å². The van der Waals surface area contributed by atoms with Gasteiger partial charge in [-0.15, -0.1) is 0 Å². The number of carbonyl (C=O) groups is 4. The van der Waals surface area contributed by atoms with E-state index in [9.17, 15) is 39.6 Å². The molecule has 2 atom stereocenters. The molecule has 1 saturated heterocycles. The van der Waals surface area contributed by atoms with Crippen molar-refractivity contribution < 1.29 is 39.6 Å². The molecule has 39 heavy (non-hydrogen) atoms. The number of nitrogens with one attached hydrogen (secondary N) is 1. The highest BCUT2D eigenvalue weighted by molar-refractivity contribution is 5.70. The minimum Gasteiger partial charge on any atom is -0.481 e. The molecule has 0 spiro atoms. The van der Waals surface area contributed by atoms with Crippen molar-refractivity contribution in [3.05, 3.63) is 35.4 Å². The molecule has 2 rings (SSSR count). The Bertz CT molecular complexity index is 979. The fourth-order valence-corrected chi connectivity index (χ4v) is 4.86. The second kappa shape index (κ2) is 14.9. The molecule has 1 heterocycles. The summed E-state index contributed by atoms with van der Waals surface area (Å²) in [6, 6.07) is 7.18. The number of aliphatic carboxylic acids is 4. The second-order valence-electron chi connectivity index (χ2n) is 11.2. The van der Waals surface area contributed by atoms with Crippen LogP contribution in [-0.2, 0) is 31.0 Å². The van der Waals surface area contributed by atoms with Gasteiger partial charge in [-0.25, -0.2) is 0 Å². The topological polar surface area (TPSA) is 171 Å². The maximum Gasteiger partial charge on any atom is 0.317 e. The molecule has 5 N–H and O–H groups in total. The SMILES string of the molecule is CC(C)(C)c1ccc(CC2CN(CC(=O)O)CCNC(CC(=O)O)CN(CC(=O)O)CCN2CC(=O)O)cc1. The molecule has 12 nitrogen and oxygen atoms in total. The summed E-state index contributed by atoms with van der Waals surface area (Å²) in [7, 11) is 0. The highest BCUT2D eigenvalue weighted by Gasteiger charge is 2.28. The average Bonchev–Trinajstić information content (AvgIpc) is 2.78. The zero-order chi connectivity index (χ0) is 29.2. The third-order valence-electron chi connectivity index (χ3n) is 6.80. The summed E-state index contributed by atoms with van der Waals surface area (Å²) in [5.41, 5.74) is 2.11. The van der Waals surface area contributed by atoms with E-state index in [-0.39, 0.29) is 70.2 Å². The summed E-state index contributed by atoms with van der Waals surface area (Å²) >= 11 is 0. The van der Waals surface area contributed by atoms with E-state index in [0.29, 0.717) is 13.0 Å². The lowest BCUT2D eigenvalue weighted by Crippen LogP contribution is -2.54. The van der Waals surface area contributed by atoms with Gasteiger partial charge in [0.1, 0.15) is 0 Å². The summed E-state index contributed by atoms with van der Waals surface area (Å²) in [4.78, 5) is 51.5. The molecule has 1 aromatic carbocycles. The predicted octanol–water partition coefficient (Wildman–Crippen LogP) is 0.502. The first-order chi connectivity index (χ1) is 18.2. The van der Waals surface area contributed by atoms with Gasteiger partial charge in [0.25, 0.3) is 0 Å². The lowest BCUT2D eigenvalue weighted by molar-refractivity contribution is -0.141. The van der Waals surface area contributed by atoms with Gasteiger partial charge in [-0.2, -0.15) is 0 Å². The standard InChI is InChI=1S/C27H42N4O8/c1-27(2,3)20-6-4-19(5-7-20)12-22-15-29(16-24(34)35)9-8-28-21(13-23(32)33)14-30(17-25(36)37)10-11-31(22)18-26(38)39/h4-7,21-22,28H,8-18H2,1-3H3,(H,32,33)(H,34,35)(H,36,37)(H,38,39). The van der Waals surface area contributed by atoms with Crippen molar-refractivity contribution in [3.8, 4) is 0 Å². The van der Waals surface area contributed by atoms with Crippen LogP contribution < -0.4 is 5.32 Å². The van der Waals surface area contributed by atoms with E-state index >= 15 is 0 Å². The summed E-state index contributed by atoms with van der Waals surface area (Å²) < 4.78 is 0. The second-order valence-corrected chi connectivity index (χ2v) is 11.2. The average molecular weight is 551 g/mol. The molecule has 218 valence electrons. The van der Waals surface area contributed by atoms with Crippen LogP contribution in [0.5, 0.6) is 0 Å². The zero-order valence-electron chi connectivity index (χ0n) is 23.0. The van der Waals surface area contributed by atoms with Crippen molar-refractivity contribution >= 4 is 23.9 Å². The highest BCUT2D eigenvalue weighted by Crippen LogP contribution is 2.23. The third-order valence-corrected chi connectivity index (χ3v) is 6.80. The van der Waals surface area contributed by atoms with E-state index < -0.39 is 29.9 Å². The van der Waals surface area contributed by atoms with E-state index in [2.05, 4.69) is 26.1 Å². The van der Waals surface area contributed by atoms with Gasteiger partial charge < -0.3 is 25.7 Å². The summed E-state index contributed by atoms with van der Waals surface area (Å²) in [5.74, 6) is -4.17. The van der Waals surface area contributed by atoms with Gasteiger partial charge in [-0.1, -0.05) is 45.0 Å². The first-order valence-electron chi connectivity index (χ1n) is 13.1. The molecule has 1 aromatic rings. The quantitative estimate of drug-likeness (QED) is 0.274. The molecule has 0 aromatic heterocycles. The Morgan fingerprint density at radius 3 is 1.87 bits per heavy atom. The minimum absolute atomic E-state index is 0.0293. The van der Waals surface area contributed by atoms with Gasteiger partial charge in [0.15, 0.2) is 0 Å². The smallest absolute Gasteiger partial charge is 0.317 e. The fourth-order valence-electron chi connectivity index (χ4n) is 4.86. The predicted molar refractivity (Wildman–Crippen MR) is 144 cm³/mol. The normalized spacial score (nSPS) is 21.0. The van der Waals surface area contributed by atoms with Crippen LogP contribution in [0.2, 0.25) is 0 Å². The van der Waals surface area contributed by atoms with Crippen LogP contribution in [0.25, 0.3) is 0 Å². The van der Waals surface area contributed by atoms with Gasteiger partial charge in [0, 0.05) is 51.4 Å². The Hall–Kier alpha value is -3.06. The lowest BCUT2D eigenvalue weighted by atomic mass is 9.86. The van der Waals surface area contributed by atoms with Gasteiger partial charge in [0.2, 0.25) is 0 Å². The van der Waals surface area contributed by atoms with Crippen molar-refractivity contribution in [2.24, 2.45) is 0 Å². The molecule has 0 aliphatic carbocycles. The number of nitrogens with zero attached hydrogens (tertiary/aromatic N) is 3. The number of rotatable bonds is 10. The molecule has 0 radical (unpaired) electrons. The molecule has 0 saturated carbocycles. The molecule has 0 bridgehead atoms. The van der Waals surface area contributed by atoms with Gasteiger partial charge >= 0.3 is 23.9 Å². The van der Waals surface area contributed by atoms with Crippen molar-refractivity contribution in [3.63, 3.8) is 0 Å². The molecule has 12 heteroatoms. The van der Waals surface area contributed by atoms with Crippen LogP contribution in [0.4, 0.5) is 0 Å². The summed E-state index contributed by atoms with van der Waals surface area (Å²) in [6.45, 7) is 6.88. The van der Waals surface area contributed by atoms with Crippen molar-refractivity contribution in [2.45, 2.75) is 51.1 Å². The maximum atomic E-state index is 11.9. The summed E-state index contributed by atoms with van der Waals surface area (Å²) in [6.07, 6.45) is 0.239. The van der Waals surface area contributed by atoms with Gasteiger partial charge in [-0.05, 0) is 23.0 Å². The van der Waals surface area contributed by atoms with Crippen molar-refractivity contribution in [1.29, 1.82) is 0 Å². The van der Waals surface area contributed by atoms with E-state index in [4.69, 9.17) is 0 Å². The van der Waals surface area contributed by atoms with Crippen LogP contribution >= 0.6 is 0 Å². The molecular formula is C27H42N4O8. The first-order valence-corrected chi connectivity index (χ1v) is 13.1. The first kappa shape index (κ1) is 32.2.